The van der Waals surface area contributed by atoms with Crippen LogP contribution in [0.4, 0.5) is 5.82 Å². The number of aromatic nitrogens is 1. The van der Waals surface area contributed by atoms with Crippen LogP contribution in [-0.4, -0.2) is 61.0 Å². The Kier molecular flexibility index (Phi) is 4.04. The number of piperazine rings is 1. The summed E-state index contributed by atoms with van der Waals surface area (Å²) in [7, 11) is 3.81. The number of likely N-dealkylation sites (N-methyl/N-ethyl adjacent to an activating group) is 1. The van der Waals surface area contributed by atoms with Gasteiger partial charge in [0.05, 0.1) is 5.02 Å². The van der Waals surface area contributed by atoms with Gasteiger partial charge in [-0.05, 0) is 19.2 Å². The van der Waals surface area contributed by atoms with Crippen LogP contribution in [0.1, 0.15) is 10.5 Å². The summed E-state index contributed by atoms with van der Waals surface area (Å²) in [5.74, 6) is 0.557. The topological polar surface area (TPSA) is 48.5 Å². The zero-order valence-corrected chi connectivity index (χ0v) is 11.4. The number of hydrogen-bond donors (Lipinski definition) is 1. The number of hydrogen-bond acceptors (Lipinski definition) is 4. The summed E-state index contributed by atoms with van der Waals surface area (Å²) < 4.78 is 0. The molecule has 0 unspecified atom stereocenters. The van der Waals surface area contributed by atoms with E-state index in [1.807, 2.05) is 0 Å². The monoisotopic (exact) mass is 268 g/mol. The number of amides is 1. The van der Waals surface area contributed by atoms with Crippen LogP contribution in [0, 0.1) is 0 Å². The van der Waals surface area contributed by atoms with Gasteiger partial charge >= 0.3 is 0 Å². The van der Waals surface area contributed by atoms with Gasteiger partial charge in [0.2, 0.25) is 0 Å². The van der Waals surface area contributed by atoms with E-state index in [1.165, 1.54) is 0 Å². The number of halogens is 1. The largest absolute Gasteiger partial charge is 0.373 e. The second-order valence-electron chi connectivity index (χ2n) is 4.37. The summed E-state index contributed by atoms with van der Waals surface area (Å²) >= 11 is 6.05. The van der Waals surface area contributed by atoms with E-state index >= 15 is 0 Å². The fraction of sp³-hybridized carbons (Fsp3) is 0.500. The van der Waals surface area contributed by atoms with Gasteiger partial charge in [-0.1, -0.05) is 11.6 Å². The molecule has 1 saturated heterocycles. The Morgan fingerprint density at radius 3 is 2.61 bits per heavy atom. The number of carbonyl (C=O) groups is 1. The van der Waals surface area contributed by atoms with Crippen molar-refractivity contribution in [2.45, 2.75) is 0 Å². The Morgan fingerprint density at radius 2 is 2.00 bits per heavy atom. The van der Waals surface area contributed by atoms with Gasteiger partial charge in [-0.15, -0.1) is 0 Å². The Balaban J connectivity index is 2.17. The zero-order valence-electron chi connectivity index (χ0n) is 10.6. The summed E-state index contributed by atoms with van der Waals surface area (Å²) in [6.07, 6.45) is 0. The molecule has 0 radical (unpaired) electrons. The predicted octanol–water partition coefficient (Wildman–Crippen LogP) is 1.16. The highest BCUT2D eigenvalue weighted by molar-refractivity contribution is 6.33. The third-order valence-corrected chi connectivity index (χ3v) is 3.40. The Hall–Kier alpha value is -1.33. The van der Waals surface area contributed by atoms with E-state index in [0.29, 0.717) is 16.5 Å². The molecule has 98 valence electrons. The van der Waals surface area contributed by atoms with Crippen molar-refractivity contribution in [1.29, 1.82) is 0 Å². The number of nitrogens with zero attached hydrogens (tertiary/aromatic N) is 3. The van der Waals surface area contributed by atoms with E-state index in [0.717, 1.165) is 26.2 Å². The molecule has 0 aliphatic carbocycles. The molecule has 1 N–H and O–H groups in total. The zero-order chi connectivity index (χ0) is 13.1. The standard InChI is InChI=1S/C12H17ClN4O/c1-14-10-4-3-9(13)11(15-10)12(18)17-7-5-16(2)6-8-17/h3-4H,5-8H2,1-2H3,(H,14,15). The van der Waals surface area contributed by atoms with Crippen LogP contribution in [0.3, 0.4) is 0 Å². The third-order valence-electron chi connectivity index (χ3n) is 3.10. The van der Waals surface area contributed by atoms with Crippen molar-refractivity contribution in [2.75, 3.05) is 45.6 Å². The quantitative estimate of drug-likeness (QED) is 0.875. The van der Waals surface area contributed by atoms with Gasteiger partial charge in [0.25, 0.3) is 5.91 Å². The molecule has 0 bridgehead atoms. The minimum Gasteiger partial charge on any atom is -0.373 e. The van der Waals surface area contributed by atoms with Crippen molar-refractivity contribution >= 4 is 23.3 Å². The molecule has 0 spiro atoms. The van der Waals surface area contributed by atoms with Crippen molar-refractivity contribution in [3.05, 3.63) is 22.8 Å². The number of nitrogens with one attached hydrogen (secondary N) is 1. The molecule has 1 aliphatic rings. The van der Waals surface area contributed by atoms with Crippen LogP contribution >= 0.6 is 11.6 Å². The maximum Gasteiger partial charge on any atom is 0.274 e. The first kappa shape index (κ1) is 13.1. The highest BCUT2D eigenvalue weighted by Gasteiger charge is 2.23. The van der Waals surface area contributed by atoms with E-state index in [1.54, 1.807) is 24.1 Å². The molecule has 5 nitrogen and oxygen atoms in total. The average molecular weight is 269 g/mol. The maximum atomic E-state index is 12.3. The highest BCUT2D eigenvalue weighted by Crippen LogP contribution is 2.18. The molecule has 0 aromatic carbocycles. The molecule has 6 heteroatoms. The van der Waals surface area contributed by atoms with E-state index in [4.69, 9.17) is 11.6 Å². The minimum absolute atomic E-state index is 0.0924. The molecule has 0 atom stereocenters. The van der Waals surface area contributed by atoms with Gasteiger partial charge in [0.15, 0.2) is 0 Å². The molecule has 1 fully saturated rings. The Morgan fingerprint density at radius 1 is 1.33 bits per heavy atom. The van der Waals surface area contributed by atoms with Crippen LogP contribution in [-0.2, 0) is 0 Å². The van der Waals surface area contributed by atoms with Crippen LogP contribution in [0.5, 0.6) is 0 Å². The van der Waals surface area contributed by atoms with E-state index in [-0.39, 0.29) is 5.91 Å². The van der Waals surface area contributed by atoms with Crippen molar-refractivity contribution < 1.29 is 4.79 Å². The predicted molar refractivity (Wildman–Crippen MR) is 72.2 cm³/mol. The van der Waals surface area contributed by atoms with Crippen molar-refractivity contribution in [2.24, 2.45) is 0 Å². The first-order valence-electron chi connectivity index (χ1n) is 5.94. The molecule has 1 aromatic heterocycles. The van der Waals surface area contributed by atoms with Gasteiger partial charge < -0.3 is 15.1 Å². The summed E-state index contributed by atoms with van der Waals surface area (Å²) in [5, 5.41) is 3.31. The van der Waals surface area contributed by atoms with Crippen LogP contribution in [0.25, 0.3) is 0 Å². The van der Waals surface area contributed by atoms with E-state index in [2.05, 4.69) is 22.2 Å². The second kappa shape index (κ2) is 5.54. The highest BCUT2D eigenvalue weighted by atomic mass is 35.5. The lowest BCUT2D eigenvalue weighted by Crippen LogP contribution is -2.47. The molecular weight excluding hydrogens is 252 g/mol. The van der Waals surface area contributed by atoms with Crippen molar-refractivity contribution in [3.8, 4) is 0 Å². The molecule has 1 aromatic rings. The number of rotatable bonds is 2. The lowest BCUT2D eigenvalue weighted by Gasteiger charge is -2.32. The SMILES string of the molecule is CNc1ccc(Cl)c(C(=O)N2CCN(C)CC2)n1. The molecule has 1 aliphatic heterocycles. The molecule has 1 amide bonds. The molecule has 2 rings (SSSR count). The van der Waals surface area contributed by atoms with Gasteiger partial charge in [0.1, 0.15) is 11.5 Å². The Bertz CT molecular complexity index is 444. The van der Waals surface area contributed by atoms with Gasteiger partial charge in [-0.2, -0.15) is 0 Å². The van der Waals surface area contributed by atoms with Gasteiger partial charge in [-0.25, -0.2) is 4.98 Å². The fourth-order valence-corrected chi connectivity index (χ4v) is 2.08. The second-order valence-corrected chi connectivity index (χ2v) is 4.78. The molecular formula is C12H17ClN4O. The Labute approximate surface area is 112 Å². The van der Waals surface area contributed by atoms with Crippen LogP contribution < -0.4 is 5.32 Å². The minimum atomic E-state index is -0.0924. The first-order chi connectivity index (χ1) is 8.61. The number of anilines is 1. The normalized spacial score (nSPS) is 16.7. The summed E-state index contributed by atoms with van der Waals surface area (Å²) in [4.78, 5) is 20.6. The van der Waals surface area contributed by atoms with Gasteiger partial charge in [0, 0.05) is 33.2 Å². The van der Waals surface area contributed by atoms with E-state index < -0.39 is 0 Å². The molecule has 0 saturated carbocycles. The van der Waals surface area contributed by atoms with Gasteiger partial charge in [-0.3, -0.25) is 4.79 Å². The molecule has 2 heterocycles. The van der Waals surface area contributed by atoms with Crippen LogP contribution in [0.2, 0.25) is 5.02 Å². The summed E-state index contributed by atoms with van der Waals surface area (Å²) in [6, 6.07) is 3.45. The third kappa shape index (κ3) is 2.73. The summed E-state index contributed by atoms with van der Waals surface area (Å²) in [6.45, 7) is 3.21. The van der Waals surface area contributed by atoms with Crippen molar-refractivity contribution in [1.82, 2.24) is 14.8 Å². The smallest absolute Gasteiger partial charge is 0.274 e. The lowest BCUT2D eigenvalue weighted by molar-refractivity contribution is 0.0658. The number of pyridine rings is 1. The van der Waals surface area contributed by atoms with E-state index in [9.17, 15) is 4.79 Å². The number of carbonyl (C=O) groups excluding carboxylic acids is 1. The average Bonchev–Trinajstić information content (AvgIpc) is 2.39. The summed E-state index contributed by atoms with van der Waals surface area (Å²) in [5.41, 5.74) is 0.327. The maximum absolute atomic E-state index is 12.3. The first-order valence-corrected chi connectivity index (χ1v) is 6.31. The lowest BCUT2D eigenvalue weighted by atomic mass is 10.2. The fourth-order valence-electron chi connectivity index (χ4n) is 1.89. The van der Waals surface area contributed by atoms with Crippen LogP contribution in [0.15, 0.2) is 12.1 Å². The molecule has 18 heavy (non-hydrogen) atoms. The van der Waals surface area contributed by atoms with Crippen molar-refractivity contribution in [3.63, 3.8) is 0 Å².